The number of aliphatic hydroxyl groups is 1. The molecule has 0 aliphatic rings. The van der Waals surface area contributed by atoms with Crippen molar-refractivity contribution in [1.29, 1.82) is 0 Å². The van der Waals surface area contributed by atoms with Crippen LogP contribution in [0.3, 0.4) is 0 Å². The van der Waals surface area contributed by atoms with Gasteiger partial charge in [-0.3, -0.25) is 4.79 Å². The highest BCUT2D eigenvalue weighted by Crippen LogP contribution is 2.41. The maximum atomic E-state index is 12.7. The Morgan fingerprint density at radius 2 is 1.31 bits per heavy atom. The quantitative estimate of drug-likeness (QED) is 0.574. The summed E-state index contributed by atoms with van der Waals surface area (Å²) in [4.78, 5) is 12.7. The Morgan fingerprint density at radius 3 is 1.76 bits per heavy atom. The van der Waals surface area contributed by atoms with E-state index in [9.17, 15) is 9.90 Å². The molecule has 0 aliphatic carbocycles. The second-order valence-corrected chi connectivity index (χ2v) is 7.57. The number of aliphatic hydroxyl groups excluding tert-OH is 1. The second-order valence-electron chi connectivity index (χ2n) is 7.57. The maximum Gasteiger partial charge on any atom is 0.251 e. The number of hydrogen-bond acceptors (Lipinski definition) is 2. The van der Waals surface area contributed by atoms with Gasteiger partial charge < -0.3 is 10.4 Å². The number of carbonyl (C=O) groups excluding carboxylic acids is 1. The summed E-state index contributed by atoms with van der Waals surface area (Å²) in [6.07, 6.45) is 0.626. The van der Waals surface area contributed by atoms with E-state index in [1.807, 2.05) is 80.6 Å². The van der Waals surface area contributed by atoms with Crippen LogP contribution in [-0.4, -0.2) is 23.2 Å². The molecule has 150 valence electrons. The van der Waals surface area contributed by atoms with Gasteiger partial charge >= 0.3 is 0 Å². The summed E-state index contributed by atoms with van der Waals surface area (Å²) in [6, 6.07) is 29.3. The van der Waals surface area contributed by atoms with Gasteiger partial charge in [0, 0.05) is 17.0 Å². The van der Waals surface area contributed by atoms with E-state index in [4.69, 9.17) is 0 Å². The first-order chi connectivity index (χ1) is 14.1. The Kier molecular flexibility index (Phi) is 6.84. The second kappa shape index (κ2) is 9.53. The van der Waals surface area contributed by atoms with Crippen LogP contribution in [0.4, 0.5) is 0 Å². The lowest BCUT2D eigenvalue weighted by atomic mass is 9.66. The van der Waals surface area contributed by atoms with Crippen molar-refractivity contribution >= 4 is 5.91 Å². The first-order valence-corrected chi connectivity index (χ1v) is 10.2. The number of hydrogen-bond donors (Lipinski definition) is 2. The van der Waals surface area contributed by atoms with Gasteiger partial charge in [0.2, 0.25) is 0 Å². The summed E-state index contributed by atoms with van der Waals surface area (Å²) in [5.41, 5.74) is 2.14. The third kappa shape index (κ3) is 4.57. The molecule has 1 amide bonds. The van der Waals surface area contributed by atoms with Crippen LogP contribution in [0, 0.1) is 0 Å². The molecule has 29 heavy (non-hydrogen) atoms. The van der Waals surface area contributed by atoms with Crippen molar-refractivity contribution in [3.63, 3.8) is 0 Å². The molecule has 0 spiro atoms. The zero-order chi connectivity index (χ0) is 20.7. The molecular weight excluding hydrogens is 358 g/mol. The van der Waals surface area contributed by atoms with E-state index in [1.54, 1.807) is 0 Å². The van der Waals surface area contributed by atoms with Crippen LogP contribution in [0.5, 0.6) is 0 Å². The predicted molar refractivity (Wildman–Crippen MR) is 118 cm³/mol. The van der Waals surface area contributed by atoms with Crippen LogP contribution in [-0.2, 0) is 5.41 Å². The fourth-order valence-electron chi connectivity index (χ4n) is 4.17. The minimum absolute atomic E-state index is 0.0980. The minimum atomic E-state index is -0.610. The molecule has 0 saturated heterocycles. The Labute approximate surface area is 173 Å². The predicted octanol–water partition coefficient (Wildman–Crippen LogP) is 4.95. The van der Waals surface area contributed by atoms with Crippen LogP contribution < -0.4 is 5.32 Å². The summed E-state index contributed by atoms with van der Waals surface area (Å²) >= 11 is 0. The Balaban J connectivity index is 1.98. The topological polar surface area (TPSA) is 49.3 Å². The molecule has 2 N–H and O–H groups in total. The van der Waals surface area contributed by atoms with E-state index >= 15 is 0 Å². The lowest BCUT2D eigenvalue weighted by Crippen LogP contribution is -2.46. The number of amides is 1. The van der Waals surface area contributed by atoms with Crippen LogP contribution in [0.1, 0.15) is 48.2 Å². The molecule has 0 saturated carbocycles. The molecule has 0 fully saturated rings. The maximum absolute atomic E-state index is 12.7. The van der Waals surface area contributed by atoms with E-state index in [0.29, 0.717) is 18.4 Å². The Morgan fingerprint density at radius 1 is 0.862 bits per heavy atom. The molecule has 3 heteroatoms. The monoisotopic (exact) mass is 387 g/mol. The number of benzene rings is 3. The molecule has 0 unspecified atom stereocenters. The van der Waals surface area contributed by atoms with Crippen molar-refractivity contribution < 1.29 is 9.90 Å². The largest absolute Gasteiger partial charge is 0.392 e. The van der Waals surface area contributed by atoms with Crippen molar-refractivity contribution in [2.75, 3.05) is 0 Å². The molecule has 0 aliphatic heterocycles. The van der Waals surface area contributed by atoms with Crippen molar-refractivity contribution in [2.24, 2.45) is 0 Å². The van der Waals surface area contributed by atoms with Gasteiger partial charge in [0.1, 0.15) is 0 Å². The van der Waals surface area contributed by atoms with Crippen molar-refractivity contribution in [3.05, 3.63) is 108 Å². The van der Waals surface area contributed by atoms with Gasteiger partial charge in [0.25, 0.3) is 5.91 Å². The first-order valence-electron chi connectivity index (χ1n) is 10.2. The van der Waals surface area contributed by atoms with E-state index in [2.05, 4.69) is 29.6 Å². The van der Waals surface area contributed by atoms with Gasteiger partial charge in [-0.05, 0) is 43.0 Å². The van der Waals surface area contributed by atoms with Crippen LogP contribution in [0.25, 0.3) is 0 Å². The van der Waals surface area contributed by atoms with Crippen molar-refractivity contribution in [3.8, 4) is 0 Å². The number of rotatable bonds is 8. The van der Waals surface area contributed by atoms with Gasteiger partial charge in [-0.15, -0.1) is 0 Å². The number of carbonyl (C=O) groups is 1. The smallest absolute Gasteiger partial charge is 0.251 e. The fraction of sp³-hybridized carbons (Fsp3) is 0.269. The highest BCUT2D eigenvalue weighted by molar-refractivity contribution is 5.94. The zero-order valence-electron chi connectivity index (χ0n) is 17.1. The summed E-state index contributed by atoms with van der Waals surface area (Å²) in [5.74, 6) is -0.0980. The van der Waals surface area contributed by atoms with Gasteiger partial charge in [-0.1, -0.05) is 85.8 Å². The van der Waals surface area contributed by atoms with E-state index < -0.39 is 11.5 Å². The van der Waals surface area contributed by atoms with Gasteiger partial charge in [-0.2, -0.15) is 0 Å². The summed E-state index contributed by atoms with van der Waals surface area (Å²) in [7, 11) is 0. The molecule has 2 atom stereocenters. The summed E-state index contributed by atoms with van der Waals surface area (Å²) < 4.78 is 0. The normalized spacial score (nSPS) is 13.5. The highest BCUT2D eigenvalue weighted by atomic mass is 16.3. The van der Waals surface area contributed by atoms with E-state index in [-0.39, 0.29) is 11.9 Å². The lowest BCUT2D eigenvalue weighted by Gasteiger charge is -2.41. The molecule has 0 radical (unpaired) electrons. The molecule has 0 aromatic heterocycles. The molecule has 3 aromatic rings. The van der Waals surface area contributed by atoms with Gasteiger partial charge in [-0.25, -0.2) is 0 Å². The van der Waals surface area contributed by atoms with Crippen molar-refractivity contribution in [2.45, 2.75) is 44.2 Å². The minimum Gasteiger partial charge on any atom is -0.392 e. The third-order valence-electron chi connectivity index (χ3n) is 5.58. The average Bonchev–Trinajstić information content (AvgIpc) is 2.78. The Bertz CT molecular complexity index is 854. The van der Waals surface area contributed by atoms with Crippen LogP contribution in [0.15, 0.2) is 91.0 Å². The van der Waals surface area contributed by atoms with Gasteiger partial charge in [0.15, 0.2) is 0 Å². The van der Waals surface area contributed by atoms with Crippen LogP contribution in [0.2, 0.25) is 0 Å². The fourth-order valence-corrected chi connectivity index (χ4v) is 4.17. The highest BCUT2D eigenvalue weighted by Gasteiger charge is 2.41. The van der Waals surface area contributed by atoms with E-state index in [1.165, 1.54) is 0 Å². The van der Waals surface area contributed by atoms with E-state index in [0.717, 1.165) is 11.1 Å². The van der Waals surface area contributed by atoms with Crippen LogP contribution >= 0.6 is 0 Å². The molecule has 3 aromatic carbocycles. The molecule has 0 bridgehead atoms. The third-order valence-corrected chi connectivity index (χ3v) is 5.58. The van der Waals surface area contributed by atoms with Crippen molar-refractivity contribution in [1.82, 2.24) is 5.32 Å². The molecular formula is C26H29NO2. The Hall–Kier alpha value is -2.91. The number of nitrogens with one attached hydrogen (secondary N) is 1. The molecule has 3 rings (SSSR count). The zero-order valence-corrected chi connectivity index (χ0v) is 17.1. The molecule has 0 heterocycles. The van der Waals surface area contributed by atoms with Gasteiger partial charge in [0.05, 0.1) is 6.10 Å². The summed E-state index contributed by atoms with van der Waals surface area (Å²) in [6.45, 7) is 4.00. The summed E-state index contributed by atoms with van der Waals surface area (Å²) in [5, 5.41) is 14.4. The SMILES string of the molecule is CC[C@H](O)C(C[C@H](C)NC(=O)c1ccccc1)(c1ccccc1)c1ccccc1. The molecule has 3 nitrogen and oxygen atoms in total. The standard InChI is InChI=1S/C26H29NO2/c1-3-24(28)26(22-15-9-5-10-16-22,23-17-11-6-12-18-23)19-20(2)27-25(29)21-13-7-4-8-14-21/h4-18,20,24,28H,3,19H2,1-2H3,(H,27,29)/t20-,24-/m0/s1. The average molecular weight is 388 g/mol. The first kappa shape index (κ1) is 20.8. The lowest BCUT2D eigenvalue weighted by molar-refractivity contribution is 0.0804.